The summed E-state index contributed by atoms with van der Waals surface area (Å²) in [5.41, 5.74) is 0.678. The van der Waals surface area contributed by atoms with Crippen LogP contribution in [0.2, 0.25) is 0 Å². The van der Waals surface area contributed by atoms with E-state index in [9.17, 15) is 9.59 Å². The first-order chi connectivity index (χ1) is 8.18. The SMILES string of the molecule is CC(=O)C1CN(C(=O)c2ccccc2)CCN1. The van der Waals surface area contributed by atoms with Crippen molar-refractivity contribution in [2.75, 3.05) is 19.6 Å². The minimum absolute atomic E-state index is 0.00153. The van der Waals surface area contributed by atoms with Gasteiger partial charge in [0.15, 0.2) is 0 Å². The number of hydrogen-bond donors (Lipinski definition) is 1. The lowest BCUT2D eigenvalue weighted by Gasteiger charge is -2.32. The van der Waals surface area contributed by atoms with Gasteiger partial charge in [-0.05, 0) is 19.1 Å². The van der Waals surface area contributed by atoms with Crippen LogP contribution in [0, 0.1) is 0 Å². The first kappa shape index (κ1) is 11.8. The Morgan fingerprint density at radius 2 is 2.00 bits per heavy atom. The number of nitrogens with zero attached hydrogens (tertiary/aromatic N) is 1. The molecule has 2 rings (SSSR count). The molecule has 0 bridgehead atoms. The lowest BCUT2D eigenvalue weighted by Crippen LogP contribution is -2.55. The van der Waals surface area contributed by atoms with Crippen LogP contribution >= 0.6 is 0 Å². The van der Waals surface area contributed by atoms with E-state index in [0.717, 1.165) is 0 Å². The van der Waals surface area contributed by atoms with Crippen molar-refractivity contribution in [3.8, 4) is 0 Å². The largest absolute Gasteiger partial charge is 0.335 e. The van der Waals surface area contributed by atoms with Crippen molar-refractivity contribution in [2.24, 2.45) is 0 Å². The van der Waals surface area contributed by atoms with E-state index in [-0.39, 0.29) is 17.7 Å². The second-order valence-corrected chi connectivity index (χ2v) is 4.23. The van der Waals surface area contributed by atoms with E-state index < -0.39 is 0 Å². The van der Waals surface area contributed by atoms with Crippen molar-refractivity contribution < 1.29 is 9.59 Å². The fourth-order valence-corrected chi connectivity index (χ4v) is 1.97. The third-order valence-electron chi connectivity index (χ3n) is 2.97. The summed E-state index contributed by atoms with van der Waals surface area (Å²) in [6.07, 6.45) is 0. The molecule has 0 aliphatic carbocycles. The zero-order valence-corrected chi connectivity index (χ0v) is 9.85. The summed E-state index contributed by atoms with van der Waals surface area (Å²) in [6, 6.07) is 8.94. The van der Waals surface area contributed by atoms with E-state index in [2.05, 4.69) is 5.32 Å². The Morgan fingerprint density at radius 3 is 2.65 bits per heavy atom. The maximum absolute atomic E-state index is 12.2. The minimum Gasteiger partial charge on any atom is -0.335 e. The predicted octanol–water partition coefficient (Wildman–Crippen LogP) is 0.690. The third kappa shape index (κ3) is 2.71. The Bertz CT molecular complexity index is 417. The van der Waals surface area contributed by atoms with Gasteiger partial charge in [-0.3, -0.25) is 9.59 Å². The predicted molar refractivity (Wildman–Crippen MR) is 64.8 cm³/mol. The fraction of sp³-hybridized carbons (Fsp3) is 0.385. The molecule has 90 valence electrons. The van der Waals surface area contributed by atoms with E-state index in [1.165, 1.54) is 0 Å². The molecule has 4 heteroatoms. The molecule has 1 amide bonds. The van der Waals surface area contributed by atoms with Crippen molar-refractivity contribution in [1.29, 1.82) is 0 Å². The number of carbonyl (C=O) groups is 2. The summed E-state index contributed by atoms with van der Waals surface area (Å²) in [7, 11) is 0. The highest BCUT2D eigenvalue weighted by Gasteiger charge is 2.26. The molecule has 0 radical (unpaired) electrons. The number of benzene rings is 1. The molecule has 1 aromatic rings. The van der Waals surface area contributed by atoms with Gasteiger partial charge in [0.05, 0.1) is 6.04 Å². The highest BCUT2D eigenvalue weighted by Crippen LogP contribution is 2.08. The number of ketones is 1. The Hall–Kier alpha value is -1.68. The van der Waals surface area contributed by atoms with Crippen LogP contribution in [0.4, 0.5) is 0 Å². The average Bonchev–Trinajstić information content (AvgIpc) is 2.39. The molecule has 4 nitrogen and oxygen atoms in total. The van der Waals surface area contributed by atoms with Crippen LogP contribution in [0.15, 0.2) is 30.3 Å². The van der Waals surface area contributed by atoms with Gasteiger partial charge in [-0.15, -0.1) is 0 Å². The molecule has 1 saturated heterocycles. The number of hydrogen-bond acceptors (Lipinski definition) is 3. The number of carbonyl (C=O) groups excluding carboxylic acids is 2. The number of rotatable bonds is 2. The average molecular weight is 232 g/mol. The van der Waals surface area contributed by atoms with Gasteiger partial charge >= 0.3 is 0 Å². The number of amides is 1. The van der Waals surface area contributed by atoms with E-state index in [0.29, 0.717) is 25.2 Å². The van der Waals surface area contributed by atoms with E-state index in [1.54, 1.807) is 24.0 Å². The second-order valence-electron chi connectivity index (χ2n) is 4.23. The van der Waals surface area contributed by atoms with Crippen molar-refractivity contribution >= 4 is 11.7 Å². The molecule has 1 aliphatic heterocycles. The van der Waals surface area contributed by atoms with Crippen LogP contribution in [0.3, 0.4) is 0 Å². The molecule has 1 heterocycles. The lowest BCUT2D eigenvalue weighted by atomic mass is 10.1. The highest BCUT2D eigenvalue weighted by molar-refractivity contribution is 5.95. The maximum atomic E-state index is 12.2. The zero-order valence-electron chi connectivity index (χ0n) is 9.85. The van der Waals surface area contributed by atoms with E-state index in [4.69, 9.17) is 0 Å². The van der Waals surface area contributed by atoms with Crippen LogP contribution in [-0.2, 0) is 4.79 Å². The van der Waals surface area contributed by atoms with Gasteiger partial charge < -0.3 is 10.2 Å². The van der Waals surface area contributed by atoms with Crippen LogP contribution < -0.4 is 5.32 Å². The maximum Gasteiger partial charge on any atom is 0.253 e. The quantitative estimate of drug-likeness (QED) is 0.816. The number of nitrogens with one attached hydrogen (secondary N) is 1. The van der Waals surface area contributed by atoms with E-state index >= 15 is 0 Å². The monoisotopic (exact) mass is 232 g/mol. The number of Topliss-reactive ketones (excluding diaryl/α,β-unsaturated/α-hetero) is 1. The first-order valence-corrected chi connectivity index (χ1v) is 5.76. The smallest absolute Gasteiger partial charge is 0.253 e. The van der Waals surface area contributed by atoms with Gasteiger partial charge in [0, 0.05) is 25.2 Å². The first-order valence-electron chi connectivity index (χ1n) is 5.76. The Kier molecular flexibility index (Phi) is 3.54. The van der Waals surface area contributed by atoms with Crippen LogP contribution in [-0.4, -0.2) is 42.3 Å². The van der Waals surface area contributed by atoms with Crippen molar-refractivity contribution in [3.63, 3.8) is 0 Å². The summed E-state index contributed by atoms with van der Waals surface area (Å²) >= 11 is 0. The summed E-state index contributed by atoms with van der Waals surface area (Å²) < 4.78 is 0. The Morgan fingerprint density at radius 1 is 1.29 bits per heavy atom. The third-order valence-corrected chi connectivity index (χ3v) is 2.97. The van der Waals surface area contributed by atoms with Gasteiger partial charge in [-0.1, -0.05) is 18.2 Å². The summed E-state index contributed by atoms with van der Waals surface area (Å²) in [5.74, 6) is 0.0777. The van der Waals surface area contributed by atoms with Crippen LogP contribution in [0.5, 0.6) is 0 Å². The van der Waals surface area contributed by atoms with Gasteiger partial charge in [0.1, 0.15) is 5.78 Å². The van der Waals surface area contributed by atoms with Gasteiger partial charge in [0.25, 0.3) is 5.91 Å². The van der Waals surface area contributed by atoms with Gasteiger partial charge in [-0.2, -0.15) is 0 Å². The van der Waals surface area contributed by atoms with E-state index in [1.807, 2.05) is 18.2 Å². The Balaban J connectivity index is 2.07. The summed E-state index contributed by atoms with van der Waals surface area (Å²) in [6.45, 7) is 3.33. The minimum atomic E-state index is -0.226. The molecular weight excluding hydrogens is 216 g/mol. The molecule has 0 spiro atoms. The van der Waals surface area contributed by atoms with Crippen molar-refractivity contribution in [1.82, 2.24) is 10.2 Å². The standard InChI is InChI=1S/C13H16N2O2/c1-10(16)12-9-15(8-7-14-12)13(17)11-5-3-2-4-6-11/h2-6,12,14H,7-9H2,1H3. The topological polar surface area (TPSA) is 49.4 Å². The van der Waals surface area contributed by atoms with Gasteiger partial charge in [0.2, 0.25) is 0 Å². The molecule has 1 aromatic carbocycles. The second kappa shape index (κ2) is 5.10. The molecular formula is C13H16N2O2. The lowest BCUT2D eigenvalue weighted by molar-refractivity contribution is -0.119. The van der Waals surface area contributed by atoms with Crippen molar-refractivity contribution in [3.05, 3.63) is 35.9 Å². The Labute approximate surface area is 101 Å². The summed E-state index contributed by atoms with van der Waals surface area (Å²) in [4.78, 5) is 25.2. The van der Waals surface area contributed by atoms with Gasteiger partial charge in [-0.25, -0.2) is 0 Å². The molecule has 1 N–H and O–H groups in total. The zero-order chi connectivity index (χ0) is 12.3. The molecule has 17 heavy (non-hydrogen) atoms. The van der Waals surface area contributed by atoms with Crippen molar-refractivity contribution in [2.45, 2.75) is 13.0 Å². The molecule has 1 unspecified atom stereocenters. The molecule has 1 atom stereocenters. The van der Waals surface area contributed by atoms with Crippen LogP contribution in [0.1, 0.15) is 17.3 Å². The van der Waals surface area contributed by atoms with Crippen LogP contribution in [0.25, 0.3) is 0 Å². The highest BCUT2D eigenvalue weighted by atomic mass is 16.2. The molecule has 1 fully saturated rings. The molecule has 1 aliphatic rings. The molecule has 0 saturated carbocycles. The fourth-order valence-electron chi connectivity index (χ4n) is 1.97. The summed E-state index contributed by atoms with van der Waals surface area (Å²) in [5, 5.41) is 3.11. The normalized spacial score (nSPS) is 20.1. The molecule has 0 aromatic heterocycles. The number of piperazine rings is 1.